The van der Waals surface area contributed by atoms with Crippen LogP contribution in [0.15, 0.2) is 24.3 Å². The van der Waals surface area contributed by atoms with E-state index in [4.69, 9.17) is 10.5 Å². The number of ether oxygens (including phenoxy) is 1. The first kappa shape index (κ1) is 14.3. The van der Waals surface area contributed by atoms with Crippen LogP contribution in [0.1, 0.15) is 9.67 Å². The molecule has 0 atom stereocenters. The van der Waals surface area contributed by atoms with Crippen molar-refractivity contribution in [3.8, 4) is 0 Å². The molecule has 1 aromatic heterocycles. The number of anilines is 1. The summed E-state index contributed by atoms with van der Waals surface area (Å²) >= 11 is 1.44. The van der Waals surface area contributed by atoms with Gasteiger partial charge in [-0.2, -0.15) is 0 Å². The van der Waals surface area contributed by atoms with Gasteiger partial charge in [0.05, 0.1) is 18.1 Å². The standard InChI is InChI=1S/C15H19N3O2S/c16-15(19)14-10-11-9-12(1-2-13(11)21-14)17-3-4-18-5-7-20-8-6-18/h1-2,9-10,17H,3-8H2,(H2,16,19). The van der Waals surface area contributed by atoms with Crippen molar-refractivity contribution in [3.63, 3.8) is 0 Å². The highest BCUT2D eigenvalue weighted by Crippen LogP contribution is 2.27. The second kappa shape index (κ2) is 6.43. The summed E-state index contributed by atoms with van der Waals surface area (Å²) in [5, 5.41) is 4.49. The van der Waals surface area contributed by atoms with Crippen LogP contribution in [-0.4, -0.2) is 50.2 Å². The number of hydrogen-bond donors (Lipinski definition) is 2. The number of thiophene rings is 1. The monoisotopic (exact) mass is 305 g/mol. The minimum absolute atomic E-state index is 0.363. The summed E-state index contributed by atoms with van der Waals surface area (Å²) in [7, 11) is 0. The zero-order valence-corrected chi connectivity index (χ0v) is 12.6. The van der Waals surface area contributed by atoms with Crippen LogP contribution in [0.5, 0.6) is 0 Å². The van der Waals surface area contributed by atoms with Crippen LogP contribution in [0, 0.1) is 0 Å². The van der Waals surface area contributed by atoms with E-state index in [0.29, 0.717) is 4.88 Å². The van der Waals surface area contributed by atoms with Crippen molar-refractivity contribution < 1.29 is 9.53 Å². The number of nitrogens with zero attached hydrogens (tertiary/aromatic N) is 1. The molecule has 0 aliphatic carbocycles. The Hall–Kier alpha value is -1.63. The van der Waals surface area contributed by atoms with Crippen molar-refractivity contribution in [2.75, 3.05) is 44.7 Å². The second-order valence-corrected chi connectivity index (χ2v) is 6.19. The van der Waals surface area contributed by atoms with Crippen molar-refractivity contribution in [1.29, 1.82) is 0 Å². The smallest absolute Gasteiger partial charge is 0.258 e. The Morgan fingerprint density at radius 1 is 1.33 bits per heavy atom. The van der Waals surface area contributed by atoms with Crippen molar-refractivity contribution in [1.82, 2.24) is 4.90 Å². The van der Waals surface area contributed by atoms with Gasteiger partial charge in [-0.15, -0.1) is 11.3 Å². The van der Waals surface area contributed by atoms with Gasteiger partial charge >= 0.3 is 0 Å². The zero-order chi connectivity index (χ0) is 14.7. The molecule has 1 aliphatic rings. The van der Waals surface area contributed by atoms with Gasteiger partial charge < -0.3 is 15.8 Å². The molecule has 3 N–H and O–H groups in total. The van der Waals surface area contributed by atoms with Crippen molar-refractivity contribution >= 4 is 33.0 Å². The van der Waals surface area contributed by atoms with E-state index in [1.165, 1.54) is 11.3 Å². The van der Waals surface area contributed by atoms with Crippen molar-refractivity contribution in [2.24, 2.45) is 5.73 Å². The van der Waals surface area contributed by atoms with Gasteiger partial charge in [0.15, 0.2) is 0 Å². The Morgan fingerprint density at radius 2 is 2.14 bits per heavy atom. The molecule has 0 radical (unpaired) electrons. The van der Waals surface area contributed by atoms with E-state index >= 15 is 0 Å². The predicted octanol–water partition coefficient (Wildman–Crippen LogP) is 1.74. The first-order valence-electron chi connectivity index (χ1n) is 7.10. The first-order chi connectivity index (χ1) is 10.2. The number of hydrogen-bond acceptors (Lipinski definition) is 5. The molecule has 3 rings (SSSR count). The summed E-state index contributed by atoms with van der Waals surface area (Å²) in [4.78, 5) is 14.2. The molecule has 2 aromatic rings. The van der Waals surface area contributed by atoms with Gasteiger partial charge in [-0.25, -0.2) is 0 Å². The summed E-state index contributed by atoms with van der Waals surface area (Å²) in [6, 6.07) is 8.00. The fourth-order valence-corrected chi connectivity index (χ4v) is 3.35. The van der Waals surface area contributed by atoms with Gasteiger partial charge in [0.25, 0.3) is 5.91 Å². The molecule has 0 saturated carbocycles. The molecule has 6 heteroatoms. The fraction of sp³-hybridized carbons (Fsp3) is 0.400. The molecule has 0 spiro atoms. The number of primary amides is 1. The van der Waals surface area contributed by atoms with E-state index in [1.54, 1.807) is 0 Å². The highest BCUT2D eigenvalue weighted by atomic mass is 32.1. The largest absolute Gasteiger partial charge is 0.384 e. The van der Waals surface area contributed by atoms with E-state index in [9.17, 15) is 4.79 Å². The lowest BCUT2D eigenvalue weighted by molar-refractivity contribution is 0.0398. The van der Waals surface area contributed by atoms with Crippen LogP contribution < -0.4 is 11.1 Å². The minimum atomic E-state index is -0.363. The van der Waals surface area contributed by atoms with Crippen LogP contribution in [0.4, 0.5) is 5.69 Å². The highest BCUT2D eigenvalue weighted by molar-refractivity contribution is 7.20. The predicted molar refractivity (Wildman–Crippen MR) is 86.1 cm³/mol. The third kappa shape index (κ3) is 3.53. The lowest BCUT2D eigenvalue weighted by atomic mass is 10.2. The maximum Gasteiger partial charge on any atom is 0.258 e. The Labute approximate surface area is 127 Å². The number of carbonyl (C=O) groups is 1. The Bertz CT molecular complexity index is 635. The molecule has 0 unspecified atom stereocenters. The van der Waals surface area contributed by atoms with Crippen LogP contribution in [-0.2, 0) is 4.74 Å². The topological polar surface area (TPSA) is 67.6 Å². The average Bonchev–Trinajstić information content (AvgIpc) is 2.92. The summed E-state index contributed by atoms with van der Waals surface area (Å²) in [6.07, 6.45) is 0. The maximum atomic E-state index is 11.2. The normalized spacial score (nSPS) is 16.2. The van der Waals surface area contributed by atoms with E-state index in [2.05, 4.69) is 16.3 Å². The van der Waals surface area contributed by atoms with E-state index in [1.807, 2.05) is 18.2 Å². The zero-order valence-electron chi connectivity index (χ0n) is 11.8. The third-order valence-corrected chi connectivity index (χ3v) is 4.75. The number of nitrogens with two attached hydrogens (primary N) is 1. The average molecular weight is 305 g/mol. The number of fused-ring (bicyclic) bond motifs is 1. The van der Waals surface area contributed by atoms with Gasteiger partial charge in [-0.3, -0.25) is 9.69 Å². The number of nitrogens with one attached hydrogen (secondary N) is 1. The van der Waals surface area contributed by atoms with E-state index < -0.39 is 0 Å². The lowest BCUT2D eigenvalue weighted by Gasteiger charge is -2.26. The lowest BCUT2D eigenvalue weighted by Crippen LogP contribution is -2.38. The number of rotatable bonds is 5. The highest BCUT2D eigenvalue weighted by Gasteiger charge is 2.10. The Morgan fingerprint density at radius 3 is 2.90 bits per heavy atom. The van der Waals surface area contributed by atoms with Gasteiger partial charge in [0, 0.05) is 36.6 Å². The Kier molecular flexibility index (Phi) is 4.38. The summed E-state index contributed by atoms with van der Waals surface area (Å²) in [6.45, 7) is 5.59. The van der Waals surface area contributed by atoms with Crippen LogP contribution >= 0.6 is 11.3 Å². The summed E-state index contributed by atoms with van der Waals surface area (Å²) in [5.74, 6) is -0.363. The van der Waals surface area contributed by atoms with Gasteiger partial charge in [-0.1, -0.05) is 0 Å². The molecule has 112 valence electrons. The van der Waals surface area contributed by atoms with Crippen LogP contribution in [0.25, 0.3) is 10.1 Å². The summed E-state index contributed by atoms with van der Waals surface area (Å²) in [5.41, 5.74) is 6.39. The third-order valence-electron chi connectivity index (χ3n) is 3.62. The number of amides is 1. The van der Waals surface area contributed by atoms with Crippen LogP contribution in [0.2, 0.25) is 0 Å². The molecular weight excluding hydrogens is 286 g/mol. The molecule has 2 heterocycles. The van der Waals surface area contributed by atoms with Crippen molar-refractivity contribution in [2.45, 2.75) is 0 Å². The molecule has 0 bridgehead atoms. The van der Waals surface area contributed by atoms with Crippen LogP contribution in [0.3, 0.4) is 0 Å². The molecular formula is C15H19N3O2S. The fourth-order valence-electron chi connectivity index (χ4n) is 2.46. The molecule has 21 heavy (non-hydrogen) atoms. The summed E-state index contributed by atoms with van der Waals surface area (Å²) < 4.78 is 6.42. The van der Waals surface area contributed by atoms with E-state index in [0.717, 1.165) is 55.2 Å². The quantitative estimate of drug-likeness (QED) is 0.883. The number of carbonyl (C=O) groups excluding carboxylic acids is 1. The number of morpholine rings is 1. The minimum Gasteiger partial charge on any atom is -0.384 e. The molecule has 1 saturated heterocycles. The molecule has 1 fully saturated rings. The van der Waals surface area contributed by atoms with Gasteiger partial charge in [-0.05, 0) is 29.7 Å². The van der Waals surface area contributed by atoms with Gasteiger partial charge in [0.2, 0.25) is 0 Å². The van der Waals surface area contributed by atoms with Crippen molar-refractivity contribution in [3.05, 3.63) is 29.1 Å². The second-order valence-electron chi connectivity index (χ2n) is 5.11. The molecule has 1 aliphatic heterocycles. The van der Waals surface area contributed by atoms with Gasteiger partial charge in [0.1, 0.15) is 0 Å². The van der Waals surface area contributed by atoms with E-state index in [-0.39, 0.29) is 5.91 Å². The maximum absolute atomic E-state index is 11.2. The SMILES string of the molecule is NC(=O)c1cc2cc(NCCN3CCOCC3)ccc2s1. The Balaban J connectivity index is 1.60. The molecule has 1 aromatic carbocycles. The number of benzene rings is 1. The first-order valence-corrected chi connectivity index (χ1v) is 7.91. The molecule has 5 nitrogen and oxygen atoms in total. The molecule has 1 amide bonds.